The number of halogens is 6. The second kappa shape index (κ2) is 8.96. The van der Waals surface area contributed by atoms with Gasteiger partial charge in [0.05, 0.1) is 23.8 Å². The van der Waals surface area contributed by atoms with Gasteiger partial charge < -0.3 is 5.32 Å². The Balaban J connectivity index is 1.41. The van der Waals surface area contributed by atoms with Crippen molar-refractivity contribution < 1.29 is 18.0 Å². The van der Waals surface area contributed by atoms with E-state index in [1.54, 1.807) is 23.0 Å². The number of aromatic nitrogens is 4. The van der Waals surface area contributed by atoms with E-state index in [4.69, 9.17) is 34.8 Å². The molecule has 4 rings (SSSR count). The van der Waals surface area contributed by atoms with Crippen molar-refractivity contribution in [3.8, 4) is 0 Å². The highest BCUT2D eigenvalue weighted by Crippen LogP contribution is 2.46. The number of alkyl halides is 3. The highest BCUT2D eigenvalue weighted by molar-refractivity contribution is 6.33. The Morgan fingerprint density at radius 3 is 2.44 bits per heavy atom. The third-order valence-corrected chi connectivity index (χ3v) is 5.85. The standard InChI is InChI=1S/C20H17Cl3F3N5O/c21-13-5-1-11(2-6-13)9-30-10-14(22)19(29-30)27-15(32)7-8-31-17(12-3-4-12)16(23)18(28-31)20(24,25)26/h1-2,5-6,10,12H,3-4,7-9H2,(H,27,29,32). The number of nitrogens with one attached hydrogen (secondary N) is 1. The molecule has 32 heavy (non-hydrogen) atoms. The van der Waals surface area contributed by atoms with E-state index in [1.165, 1.54) is 4.68 Å². The van der Waals surface area contributed by atoms with Crippen LogP contribution in [0.25, 0.3) is 0 Å². The molecule has 12 heteroatoms. The summed E-state index contributed by atoms with van der Waals surface area (Å²) in [7, 11) is 0. The van der Waals surface area contributed by atoms with E-state index in [9.17, 15) is 18.0 Å². The van der Waals surface area contributed by atoms with E-state index in [0.717, 1.165) is 18.4 Å². The fourth-order valence-corrected chi connectivity index (χ4v) is 4.01. The molecule has 1 aliphatic rings. The molecule has 6 nitrogen and oxygen atoms in total. The van der Waals surface area contributed by atoms with Crippen LogP contribution in [-0.4, -0.2) is 25.5 Å². The van der Waals surface area contributed by atoms with Crippen molar-refractivity contribution in [1.29, 1.82) is 0 Å². The lowest BCUT2D eigenvalue weighted by atomic mass is 10.2. The minimum absolute atomic E-state index is 0.0451. The van der Waals surface area contributed by atoms with Crippen molar-refractivity contribution in [2.75, 3.05) is 5.32 Å². The fourth-order valence-electron chi connectivity index (χ4n) is 3.29. The lowest BCUT2D eigenvalue weighted by Gasteiger charge is -2.07. The molecule has 1 fully saturated rings. The van der Waals surface area contributed by atoms with Crippen LogP contribution in [0.4, 0.5) is 19.0 Å². The van der Waals surface area contributed by atoms with Gasteiger partial charge in [0.15, 0.2) is 11.5 Å². The van der Waals surface area contributed by atoms with Crippen LogP contribution in [0.15, 0.2) is 30.5 Å². The zero-order valence-corrected chi connectivity index (χ0v) is 18.7. The first kappa shape index (κ1) is 22.9. The van der Waals surface area contributed by atoms with E-state index in [-0.39, 0.29) is 34.7 Å². The molecule has 170 valence electrons. The van der Waals surface area contributed by atoms with Gasteiger partial charge in [0.25, 0.3) is 0 Å². The number of benzene rings is 1. The zero-order chi connectivity index (χ0) is 23.0. The number of nitrogens with zero attached hydrogens (tertiary/aromatic N) is 4. The molecule has 1 aromatic carbocycles. The summed E-state index contributed by atoms with van der Waals surface area (Å²) in [6, 6.07) is 7.20. The summed E-state index contributed by atoms with van der Waals surface area (Å²) < 4.78 is 42.2. The van der Waals surface area contributed by atoms with E-state index in [0.29, 0.717) is 17.3 Å². The topological polar surface area (TPSA) is 64.7 Å². The molecule has 1 aliphatic carbocycles. The molecule has 0 spiro atoms. The summed E-state index contributed by atoms with van der Waals surface area (Å²) in [5.74, 6) is -0.347. The van der Waals surface area contributed by atoms with E-state index in [2.05, 4.69) is 15.5 Å². The number of aryl methyl sites for hydroxylation is 1. The summed E-state index contributed by atoms with van der Waals surface area (Å²) in [6.45, 7) is 0.375. The van der Waals surface area contributed by atoms with Gasteiger partial charge in [-0.15, -0.1) is 0 Å². The summed E-state index contributed by atoms with van der Waals surface area (Å²) in [4.78, 5) is 12.4. The van der Waals surface area contributed by atoms with Crippen molar-refractivity contribution in [3.05, 3.63) is 62.5 Å². The van der Waals surface area contributed by atoms with Gasteiger partial charge in [-0.3, -0.25) is 14.2 Å². The number of anilines is 1. The quantitative estimate of drug-likeness (QED) is 0.427. The smallest absolute Gasteiger partial charge is 0.308 e. The number of rotatable bonds is 7. The molecule has 1 N–H and O–H groups in total. The number of carbonyl (C=O) groups excluding carboxylic acids is 1. The van der Waals surface area contributed by atoms with Crippen molar-refractivity contribution in [1.82, 2.24) is 19.6 Å². The van der Waals surface area contributed by atoms with Gasteiger partial charge in [0.2, 0.25) is 5.91 Å². The Bertz CT molecular complexity index is 1140. The minimum atomic E-state index is -4.65. The van der Waals surface area contributed by atoms with Gasteiger partial charge in [0.1, 0.15) is 5.02 Å². The van der Waals surface area contributed by atoms with Gasteiger partial charge >= 0.3 is 6.18 Å². The maximum absolute atomic E-state index is 13.2. The Kier molecular flexibility index (Phi) is 6.42. The molecule has 1 amide bonds. The van der Waals surface area contributed by atoms with Crippen molar-refractivity contribution >= 4 is 46.5 Å². The molecule has 0 bridgehead atoms. The molecule has 0 aliphatic heterocycles. The maximum Gasteiger partial charge on any atom is 0.436 e. The predicted octanol–water partition coefficient (Wildman–Crippen LogP) is 6.01. The van der Waals surface area contributed by atoms with Crippen molar-refractivity contribution in [2.24, 2.45) is 0 Å². The Morgan fingerprint density at radius 1 is 1.12 bits per heavy atom. The molecular formula is C20H17Cl3F3N5O. The average Bonchev–Trinajstić information content (AvgIpc) is 3.41. The number of hydrogen-bond acceptors (Lipinski definition) is 3. The van der Waals surface area contributed by atoms with Gasteiger partial charge in [-0.1, -0.05) is 46.9 Å². The van der Waals surface area contributed by atoms with Crippen LogP contribution in [0.5, 0.6) is 0 Å². The molecule has 0 radical (unpaired) electrons. The maximum atomic E-state index is 13.2. The van der Waals surface area contributed by atoms with Gasteiger partial charge in [-0.05, 0) is 30.5 Å². The summed E-state index contributed by atoms with van der Waals surface area (Å²) in [5.41, 5.74) is 0.151. The lowest BCUT2D eigenvalue weighted by Crippen LogP contribution is -2.17. The molecule has 1 saturated carbocycles. The van der Waals surface area contributed by atoms with Crippen molar-refractivity contribution in [3.63, 3.8) is 0 Å². The Labute approximate surface area is 196 Å². The van der Waals surface area contributed by atoms with Crippen LogP contribution in [-0.2, 0) is 24.1 Å². The molecule has 0 saturated heterocycles. The average molecular weight is 507 g/mol. The summed E-state index contributed by atoms with van der Waals surface area (Å²) in [5, 5.41) is 10.9. The van der Waals surface area contributed by atoms with Gasteiger partial charge in [0, 0.05) is 23.6 Å². The number of carbonyl (C=O) groups is 1. The fraction of sp³-hybridized carbons (Fsp3) is 0.350. The first-order chi connectivity index (χ1) is 15.1. The van der Waals surface area contributed by atoms with Crippen LogP contribution in [0.3, 0.4) is 0 Å². The van der Waals surface area contributed by atoms with E-state index >= 15 is 0 Å². The highest BCUT2D eigenvalue weighted by atomic mass is 35.5. The molecule has 2 aromatic heterocycles. The largest absolute Gasteiger partial charge is 0.436 e. The SMILES string of the molecule is O=C(CCn1nc(C(F)(F)F)c(Cl)c1C1CC1)Nc1nn(Cc2ccc(Cl)cc2)cc1Cl. The second-order valence-corrected chi connectivity index (χ2v) is 8.71. The predicted molar refractivity (Wildman–Crippen MR) is 115 cm³/mol. The van der Waals surface area contributed by atoms with Crippen LogP contribution >= 0.6 is 34.8 Å². The molecule has 0 unspecified atom stereocenters. The van der Waals surface area contributed by atoms with Crippen LogP contribution in [0.1, 0.15) is 42.1 Å². The molecule has 0 atom stereocenters. The first-order valence-corrected chi connectivity index (χ1v) is 10.9. The minimum Gasteiger partial charge on any atom is -0.308 e. The van der Waals surface area contributed by atoms with Gasteiger partial charge in [-0.2, -0.15) is 23.4 Å². The Morgan fingerprint density at radius 2 is 1.81 bits per heavy atom. The first-order valence-electron chi connectivity index (χ1n) is 9.72. The Hall–Kier alpha value is -2.23. The molecular weight excluding hydrogens is 490 g/mol. The monoisotopic (exact) mass is 505 g/mol. The van der Waals surface area contributed by atoms with Gasteiger partial charge in [-0.25, -0.2) is 0 Å². The molecule has 3 aromatic rings. The second-order valence-electron chi connectivity index (χ2n) is 7.49. The van der Waals surface area contributed by atoms with Crippen LogP contribution in [0.2, 0.25) is 15.1 Å². The summed E-state index contributed by atoms with van der Waals surface area (Å²) >= 11 is 18.0. The zero-order valence-electron chi connectivity index (χ0n) is 16.5. The van der Waals surface area contributed by atoms with E-state index in [1.807, 2.05) is 12.1 Å². The van der Waals surface area contributed by atoms with E-state index < -0.39 is 17.8 Å². The third kappa shape index (κ3) is 5.22. The molecule has 2 heterocycles. The van der Waals surface area contributed by atoms with Crippen LogP contribution < -0.4 is 5.32 Å². The lowest BCUT2D eigenvalue weighted by molar-refractivity contribution is -0.141. The normalized spacial score (nSPS) is 14.1. The number of amides is 1. The highest BCUT2D eigenvalue weighted by Gasteiger charge is 2.42. The third-order valence-electron chi connectivity index (χ3n) is 4.95. The number of hydrogen-bond donors (Lipinski definition) is 1. The van der Waals surface area contributed by atoms with Crippen LogP contribution in [0, 0.1) is 0 Å². The van der Waals surface area contributed by atoms with Crippen molar-refractivity contribution in [2.45, 2.75) is 44.4 Å². The summed E-state index contributed by atoms with van der Waals surface area (Å²) in [6.07, 6.45) is -1.71.